The quantitative estimate of drug-likeness (QED) is 0.665. The molecule has 18 heavy (non-hydrogen) atoms. The number of nitrogens with one attached hydrogen (secondary N) is 1. The van der Waals surface area contributed by atoms with Gasteiger partial charge in [0.15, 0.2) is 6.29 Å². The van der Waals surface area contributed by atoms with E-state index in [-0.39, 0.29) is 5.56 Å². The number of halogens is 1. The third kappa shape index (κ3) is 1.30. The van der Waals surface area contributed by atoms with Gasteiger partial charge in [-0.1, -0.05) is 0 Å². The van der Waals surface area contributed by atoms with Crippen molar-refractivity contribution < 1.29 is 9.18 Å². The van der Waals surface area contributed by atoms with Crippen LogP contribution >= 0.6 is 0 Å². The average molecular weight is 244 g/mol. The summed E-state index contributed by atoms with van der Waals surface area (Å²) in [6.45, 7) is 0. The Morgan fingerprint density at radius 1 is 1.28 bits per heavy atom. The van der Waals surface area contributed by atoms with E-state index in [1.807, 2.05) is 0 Å². The second kappa shape index (κ2) is 3.53. The zero-order valence-electron chi connectivity index (χ0n) is 9.53. The molecule has 3 aromatic rings. The summed E-state index contributed by atoms with van der Waals surface area (Å²) in [5.41, 5.74) is 1.31. The number of aromatic nitrogens is 2. The van der Waals surface area contributed by atoms with Gasteiger partial charge in [0.1, 0.15) is 5.82 Å². The fourth-order valence-electron chi connectivity index (χ4n) is 2.26. The predicted octanol–water partition coefficient (Wildman–Crippen LogP) is 1.97. The molecule has 1 N–H and O–H groups in total. The summed E-state index contributed by atoms with van der Waals surface area (Å²) >= 11 is 0. The first-order valence-electron chi connectivity index (χ1n) is 5.38. The Balaban J connectivity index is 2.66. The number of carbonyl (C=O) groups is 1. The molecular formula is C13H9FN2O2. The van der Waals surface area contributed by atoms with E-state index in [4.69, 9.17) is 0 Å². The molecule has 0 saturated carbocycles. The molecule has 0 spiro atoms. The third-order valence-electron chi connectivity index (χ3n) is 3.12. The molecule has 0 saturated heterocycles. The number of aromatic amines is 1. The van der Waals surface area contributed by atoms with Crippen molar-refractivity contribution >= 4 is 28.1 Å². The highest BCUT2D eigenvalue weighted by Gasteiger charge is 2.12. The van der Waals surface area contributed by atoms with Crippen molar-refractivity contribution in [3.05, 3.63) is 46.1 Å². The molecule has 90 valence electrons. The van der Waals surface area contributed by atoms with E-state index in [9.17, 15) is 14.0 Å². The Kier molecular flexibility index (Phi) is 2.10. The van der Waals surface area contributed by atoms with Crippen LogP contribution in [0.4, 0.5) is 4.39 Å². The zero-order chi connectivity index (χ0) is 12.9. The van der Waals surface area contributed by atoms with Crippen molar-refractivity contribution in [3.63, 3.8) is 0 Å². The van der Waals surface area contributed by atoms with Gasteiger partial charge >= 0.3 is 0 Å². The van der Waals surface area contributed by atoms with Gasteiger partial charge in [-0.25, -0.2) is 4.39 Å². The topological polar surface area (TPSA) is 54.9 Å². The van der Waals surface area contributed by atoms with Crippen LogP contribution in [-0.4, -0.2) is 15.8 Å². The first kappa shape index (κ1) is 10.7. The number of rotatable bonds is 1. The number of nitrogens with zero attached hydrogens (tertiary/aromatic N) is 1. The van der Waals surface area contributed by atoms with Crippen LogP contribution in [0.1, 0.15) is 10.5 Å². The van der Waals surface area contributed by atoms with Gasteiger partial charge in [0.25, 0.3) is 5.56 Å². The largest absolute Gasteiger partial charge is 0.340 e. The molecule has 3 rings (SSSR count). The summed E-state index contributed by atoms with van der Waals surface area (Å²) in [5.74, 6) is -0.414. The molecule has 2 aromatic heterocycles. The van der Waals surface area contributed by atoms with Crippen LogP contribution in [0.2, 0.25) is 0 Å². The van der Waals surface area contributed by atoms with Crippen LogP contribution in [0.25, 0.3) is 21.8 Å². The van der Waals surface area contributed by atoms with Crippen LogP contribution in [-0.2, 0) is 7.05 Å². The lowest BCUT2D eigenvalue weighted by molar-refractivity contribution is 0.111. The maximum atomic E-state index is 13.3. The number of carbonyl (C=O) groups excluding carboxylic acids is 1. The number of hydrogen-bond acceptors (Lipinski definition) is 2. The van der Waals surface area contributed by atoms with Crippen molar-refractivity contribution in [2.45, 2.75) is 0 Å². The van der Waals surface area contributed by atoms with Crippen molar-refractivity contribution in [2.24, 2.45) is 7.05 Å². The number of pyridine rings is 1. The standard InChI is InChI=1S/C13H9FN2O2/c1-16-8(6-17)5-11-12(16)10-4-7(14)2-3-9(10)13(18)15-11/h2-6H,1H3,(H,15,18). The number of benzene rings is 1. The summed E-state index contributed by atoms with van der Waals surface area (Å²) in [6.07, 6.45) is 0.698. The molecule has 0 aliphatic rings. The number of fused-ring (bicyclic) bond motifs is 3. The Morgan fingerprint density at radius 3 is 2.78 bits per heavy atom. The van der Waals surface area contributed by atoms with Gasteiger partial charge in [0.2, 0.25) is 0 Å². The number of H-pyrrole nitrogens is 1. The fourth-order valence-corrected chi connectivity index (χ4v) is 2.26. The second-order valence-electron chi connectivity index (χ2n) is 4.15. The molecule has 0 bridgehead atoms. The highest BCUT2D eigenvalue weighted by atomic mass is 19.1. The van der Waals surface area contributed by atoms with Crippen LogP contribution in [0.5, 0.6) is 0 Å². The van der Waals surface area contributed by atoms with Crippen molar-refractivity contribution in [1.82, 2.24) is 9.55 Å². The molecule has 0 radical (unpaired) electrons. The predicted molar refractivity (Wildman–Crippen MR) is 66.4 cm³/mol. The Labute approximate surface area is 101 Å². The molecular weight excluding hydrogens is 235 g/mol. The van der Waals surface area contributed by atoms with Crippen LogP contribution in [0.15, 0.2) is 29.1 Å². The normalized spacial score (nSPS) is 11.2. The third-order valence-corrected chi connectivity index (χ3v) is 3.12. The first-order chi connectivity index (χ1) is 8.61. The lowest BCUT2D eigenvalue weighted by atomic mass is 10.1. The lowest BCUT2D eigenvalue weighted by Crippen LogP contribution is -2.06. The van der Waals surface area contributed by atoms with E-state index in [1.54, 1.807) is 17.7 Å². The number of hydrogen-bond donors (Lipinski definition) is 1. The van der Waals surface area contributed by atoms with Crippen molar-refractivity contribution in [1.29, 1.82) is 0 Å². The van der Waals surface area contributed by atoms with Gasteiger partial charge in [-0.15, -0.1) is 0 Å². The molecule has 0 amide bonds. The monoisotopic (exact) mass is 244 g/mol. The van der Waals surface area contributed by atoms with E-state index in [0.717, 1.165) is 0 Å². The fraction of sp³-hybridized carbons (Fsp3) is 0.0769. The summed E-state index contributed by atoms with van der Waals surface area (Å²) in [6, 6.07) is 5.57. The summed E-state index contributed by atoms with van der Waals surface area (Å²) in [4.78, 5) is 25.4. The van der Waals surface area contributed by atoms with E-state index in [0.29, 0.717) is 33.8 Å². The summed E-state index contributed by atoms with van der Waals surface area (Å²) < 4.78 is 15.0. The number of aldehydes is 1. The van der Waals surface area contributed by atoms with Crippen LogP contribution < -0.4 is 5.56 Å². The van der Waals surface area contributed by atoms with E-state index in [1.165, 1.54) is 18.2 Å². The lowest BCUT2D eigenvalue weighted by Gasteiger charge is -2.03. The molecule has 0 fully saturated rings. The van der Waals surface area contributed by atoms with Crippen molar-refractivity contribution in [3.8, 4) is 0 Å². The molecule has 2 heterocycles. The van der Waals surface area contributed by atoms with Gasteiger partial charge in [-0.05, 0) is 24.3 Å². The first-order valence-corrected chi connectivity index (χ1v) is 5.38. The highest BCUT2D eigenvalue weighted by Crippen LogP contribution is 2.23. The smallest absolute Gasteiger partial charge is 0.256 e. The summed E-state index contributed by atoms with van der Waals surface area (Å²) in [5, 5.41) is 0.909. The van der Waals surface area contributed by atoms with Crippen LogP contribution in [0, 0.1) is 5.82 Å². The summed E-state index contributed by atoms with van der Waals surface area (Å²) in [7, 11) is 1.70. The molecule has 0 unspecified atom stereocenters. The minimum atomic E-state index is -0.414. The van der Waals surface area contributed by atoms with Gasteiger partial charge in [-0.3, -0.25) is 9.59 Å². The zero-order valence-corrected chi connectivity index (χ0v) is 9.53. The SMILES string of the molecule is Cn1c(C=O)cc2[nH]c(=O)c3ccc(F)cc3c21. The van der Waals surface area contributed by atoms with E-state index < -0.39 is 5.82 Å². The van der Waals surface area contributed by atoms with Gasteiger partial charge < -0.3 is 9.55 Å². The average Bonchev–Trinajstić information content (AvgIpc) is 2.65. The molecule has 0 atom stereocenters. The van der Waals surface area contributed by atoms with E-state index >= 15 is 0 Å². The molecule has 0 aliphatic carbocycles. The van der Waals surface area contributed by atoms with Crippen LogP contribution in [0.3, 0.4) is 0 Å². The maximum absolute atomic E-state index is 13.3. The van der Waals surface area contributed by atoms with Crippen molar-refractivity contribution in [2.75, 3.05) is 0 Å². The van der Waals surface area contributed by atoms with E-state index in [2.05, 4.69) is 4.98 Å². The highest BCUT2D eigenvalue weighted by molar-refractivity contribution is 6.05. The Morgan fingerprint density at radius 2 is 2.06 bits per heavy atom. The van der Waals surface area contributed by atoms with Gasteiger partial charge in [-0.2, -0.15) is 0 Å². The molecule has 0 aliphatic heterocycles. The Bertz CT molecular complexity index is 845. The minimum absolute atomic E-state index is 0.291. The molecule has 5 heteroatoms. The van der Waals surface area contributed by atoms with Gasteiger partial charge in [0.05, 0.1) is 16.7 Å². The Hall–Kier alpha value is -2.43. The number of aryl methyl sites for hydroxylation is 1. The molecule has 1 aromatic carbocycles. The van der Waals surface area contributed by atoms with Gasteiger partial charge in [0, 0.05) is 17.8 Å². The molecule has 4 nitrogen and oxygen atoms in total. The second-order valence-corrected chi connectivity index (χ2v) is 4.15. The minimum Gasteiger partial charge on any atom is -0.340 e. The maximum Gasteiger partial charge on any atom is 0.256 e.